The van der Waals surface area contributed by atoms with E-state index >= 15 is 0 Å². The highest BCUT2D eigenvalue weighted by Gasteiger charge is 2.59. The third kappa shape index (κ3) is 1.88. The predicted octanol–water partition coefficient (Wildman–Crippen LogP) is 4.91. The molecule has 1 aliphatic heterocycles. The molecule has 0 radical (unpaired) electrons. The van der Waals surface area contributed by atoms with E-state index in [-0.39, 0.29) is 11.7 Å². The normalized spacial score (nSPS) is 26.9. The molecule has 4 rings (SSSR count). The zero-order valence-corrected chi connectivity index (χ0v) is 12.6. The highest BCUT2D eigenvalue weighted by molar-refractivity contribution is 6.42. The molecule has 1 spiro atoms. The van der Waals surface area contributed by atoms with Gasteiger partial charge in [-0.1, -0.05) is 53.0 Å². The summed E-state index contributed by atoms with van der Waals surface area (Å²) < 4.78 is 6.07. The lowest BCUT2D eigenvalue weighted by Crippen LogP contribution is -2.11. The monoisotopic (exact) mass is 304 g/mol. The maximum Gasteiger partial charge on any atom is 0.113 e. The van der Waals surface area contributed by atoms with Crippen molar-refractivity contribution < 1.29 is 4.74 Å². The second-order valence-corrected chi connectivity index (χ2v) is 6.68. The smallest absolute Gasteiger partial charge is 0.113 e. The minimum Gasteiger partial charge on any atom is -0.360 e. The predicted molar refractivity (Wildman–Crippen MR) is 81.6 cm³/mol. The molecule has 3 heteroatoms. The van der Waals surface area contributed by atoms with Gasteiger partial charge in [0.1, 0.15) is 11.7 Å². The van der Waals surface area contributed by atoms with Crippen molar-refractivity contribution in [1.82, 2.24) is 0 Å². The molecule has 1 fully saturated rings. The molecule has 2 aliphatic rings. The summed E-state index contributed by atoms with van der Waals surface area (Å²) in [6, 6.07) is 12.5. The average Bonchev–Trinajstić information content (AvgIpc) is 2.96. The quantitative estimate of drug-likeness (QED) is 0.682. The zero-order valence-electron chi connectivity index (χ0n) is 11.1. The van der Waals surface area contributed by atoms with Crippen molar-refractivity contribution in [2.45, 2.75) is 31.5 Å². The van der Waals surface area contributed by atoms with E-state index in [1.807, 2.05) is 18.2 Å². The van der Waals surface area contributed by atoms with Crippen LogP contribution < -0.4 is 0 Å². The Labute approximate surface area is 128 Å². The van der Waals surface area contributed by atoms with Gasteiger partial charge in [0.05, 0.1) is 10.0 Å². The van der Waals surface area contributed by atoms with Crippen LogP contribution >= 0.6 is 23.2 Å². The minimum absolute atomic E-state index is 0.0483. The molecule has 0 saturated carbocycles. The Morgan fingerprint density at radius 3 is 2.60 bits per heavy atom. The molecule has 0 aromatic heterocycles. The summed E-state index contributed by atoms with van der Waals surface area (Å²) in [6.07, 6.45) is 2.13. The molecule has 0 amide bonds. The summed E-state index contributed by atoms with van der Waals surface area (Å²) in [5.74, 6) is 0. The van der Waals surface area contributed by atoms with Gasteiger partial charge in [0.25, 0.3) is 0 Å². The summed E-state index contributed by atoms with van der Waals surface area (Å²) in [5, 5.41) is 1.19. The fraction of sp³-hybridized carbons (Fsp3) is 0.294. The van der Waals surface area contributed by atoms with Crippen LogP contribution in [0.1, 0.15) is 28.4 Å². The van der Waals surface area contributed by atoms with E-state index in [4.69, 9.17) is 27.9 Å². The van der Waals surface area contributed by atoms with Crippen molar-refractivity contribution in [3.05, 3.63) is 68.7 Å². The summed E-state index contributed by atoms with van der Waals surface area (Å²) in [6.45, 7) is 2.13. The fourth-order valence-electron chi connectivity index (χ4n) is 3.32. The van der Waals surface area contributed by atoms with Crippen LogP contribution in [0.5, 0.6) is 0 Å². The van der Waals surface area contributed by atoms with Gasteiger partial charge in [-0.2, -0.15) is 0 Å². The molecule has 2 atom stereocenters. The van der Waals surface area contributed by atoms with Gasteiger partial charge in [-0.15, -0.1) is 0 Å². The number of halogens is 2. The number of rotatable bonds is 1. The van der Waals surface area contributed by atoms with Crippen molar-refractivity contribution in [1.29, 1.82) is 0 Å². The SMILES string of the molecule is Cc1ccc2c(c1)CC1(C2)OC1c1ccc(Cl)c(Cl)c1. The second kappa shape index (κ2) is 4.24. The molecule has 2 aromatic rings. The number of ether oxygens (including phenoxy) is 1. The number of fused-ring (bicyclic) bond motifs is 1. The van der Waals surface area contributed by atoms with Gasteiger partial charge in [-0.3, -0.25) is 0 Å². The maximum atomic E-state index is 6.10. The van der Waals surface area contributed by atoms with Crippen molar-refractivity contribution in [3.63, 3.8) is 0 Å². The van der Waals surface area contributed by atoms with E-state index in [9.17, 15) is 0 Å². The van der Waals surface area contributed by atoms with Gasteiger partial charge >= 0.3 is 0 Å². The number of hydrogen-bond donors (Lipinski definition) is 0. The summed E-state index contributed by atoms with van der Waals surface area (Å²) in [4.78, 5) is 0. The zero-order chi connectivity index (χ0) is 13.9. The van der Waals surface area contributed by atoms with E-state index in [1.165, 1.54) is 16.7 Å². The first-order valence-electron chi connectivity index (χ1n) is 6.79. The van der Waals surface area contributed by atoms with E-state index in [2.05, 4.69) is 25.1 Å². The van der Waals surface area contributed by atoms with Crippen LogP contribution in [0.25, 0.3) is 0 Å². The molecule has 0 N–H and O–H groups in total. The van der Waals surface area contributed by atoms with E-state index in [1.54, 1.807) is 0 Å². The van der Waals surface area contributed by atoms with Gasteiger partial charge in [0, 0.05) is 12.8 Å². The molecular formula is C17H14Cl2O. The van der Waals surface area contributed by atoms with Crippen molar-refractivity contribution >= 4 is 23.2 Å². The lowest BCUT2D eigenvalue weighted by atomic mass is 9.96. The molecule has 2 aromatic carbocycles. The molecule has 0 bridgehead atoms. The van der Waals surface area contributed by atoms with Crippen LogP contribution in [-0.4, -0.2) is 5.60 Å². The lowest BCUT2D eigenvalue weighted by Gasteiger charge is -2.03. The Hall–Kier alpha value is -1.02. The third-order valence-corrected chi connectivity index (χ3v) is 5.10. The maximum absolute atomic E-state index is 6.10. The number of aryl methyl sites for hydroxylation is 1. The number of epoxide rings is 1. The molecule has 20 heavy (non-hydrogen) atoms. The largest absolute Gasteiger partial charge is 0.360 e. The Kier molecular flexibility index (Phi) is 2.69. The summed E-state index contributed by atoms with van der Waals surface area (Å²) >= 11 is 12.1. The van der Waals surface area contributed by atoms with E-state index in [0.29, 0.717) is 10.0 Å². The fourth-order valence-corrected chi connectivity index (χ4v) is 3.62. The topological polar surface area (TPSA) is 12.5 Å². The first-order valence-corrected chi connectivity index (χ1v) is 7.54. The van der Waals surface area contributed by atoms with Crippen molar-refractivity contribution in [2.75, 3.05) is 0 Å². The highest BCUT2D eigenvalue weighted by Crippen LogP contribution is 2.57. The number of benzene rings is 2. The molecular weight excluding hydrogens is 291 g/mol. The summed E-state index contributed by atoms with van der Waals surface area (Å²) in [7, 11) is 0. The molecule has 1 heterocycles. The van der Waals surface area contributed by atoms with Crippen LogP contribution in [0.2, 0.25) is 10.0 Å². The van der Waals surface area contributed by atoms with Gasteiger partial charge in [-0.05, 0) is 35.7 Å². The number of hydrogen-bond acceptors (Lipinski definition) is 1. The molecule has 1 nitrogen and oxygen atoms in total. The first-order chi connectivity index (χ1) is 9.57. The van der Waals surface area contributed by atoms with Crippen LogP contribution in [0.4, 0.5) is 0 Å². The van der Waals surface area contributed by atoms with E-state index < -0.39 is 0 Å². The Morgan fingerprint density at radius 1 is 1.00 bits per heavy atom. The van der Waals surface area contributed by atoms with Crippen LogP contribution in [0.3, 0.4) is 0 Å². The third-order valence-electron chi connectivity index (χ3n) is 4.36. The molecule has 1 saturated heterocycles. The first kappa shape index (κ1) is 12.7. The van der Waals surface area contributed by atoms with Gasteiger partial charge in [0.15, 0.2) is 0 Å². The van der Waals surface area contributed by atoms with Crippen LogP contribution in [0.15, 0.2) is 36.4 Å². The molecule has 2 unspecified atom stereocenters. The summed E-state index contributed by atoms with van der Waals surface area (Å²) in [5.41, 5.74) is 5.23. The Balaban J connectivity index is 1.63. The minimum atomic E-state index is -0.0483. The van der Waals surface area contributed by atoms with Gasteiger partial charge in [-0.25, -0.2) is 0 Å². The molecule has 1 aliphatic carbocycles. The second-order valence-electron chi connectivity index (χ2n) is 5.86. The molecule has 102 valence electrons. The van der Waals surface area contributed by atoms with Crippen LogP contribution in [0, 0.1) is 6.92 Å². The standard InChI is InChI=1S/C17H14Cl2O/c1-10-2-3-12-8-17(9-13(12)6-10)16(20-17)11-4-5-14(18)15(19)7-11/h2-7,16H,8-9H2,1H3. The average molecular weight is 305 g/mol. The van der Waals surface area contributed by atoms with E-state index in [0.717, 1.165) is 18.4 Å². The Bertz CT molecular complexity index is 710. The van der Waals surface area contributed by atoms with Crippen molar-refractivity contribution in [2.24, 2.45) is 0 Å². The van der Waals surface area contributed by atoms with Crippen molar-refractivity contribution in [3.8, 4) is 0 Å². The van der Waals surface area contributed by atoms with Gasteiger partial charge < -0.3 is 4.74 Å². The van der Waals surface area contributed by atoms with Crippen LogP contribution in [-0.2, 0) is 17.6 Å². The Morgan fingerprint density at radius 2 is 1.80 bits per heavy atom. The van der Waals surface area contributed by atoms with Gasteiger partial charge in [0.2, 0.25) is 0 Å². The highest BCUT2D eigenvalue weighted by atomic mass is 35.5. The lowest BCUT2D eigenvalue weighted by molar-refractivity contribution is 0.301.